The van der Waals surface area contributed by atoms with Gasteiger partial charge in [0.15, 0.2) is 5.78 Å². The molecule has 17 heavy (non-hydrogen) atoms. The molecule has 1 aliphatic heterocycles. The molecule has 5 heteroatoms. The Kier molecular flexibility index (Phi) is 4.56. The maximum absolute atomic E-state index is 12.0. The summed E-state index contributed by atoms with van der Waals surface area (Å²) in [6, 6.07) is 3.61. The number of thiophene rings is 1. The van der Waals surface area contributed by atoms with E-state index in [1.165, 1.54) is 11.3 Å². The highest BCUT2D eigenvalue weighted by Crippen LogP contribution is 2.22. The molecule has 3 nitrogen and oxygen atoms in total. The standard InChI is InChI=1S/C12H17ClN2OS/c1-14-5-2-6-15(8-7-14)9-10(16)11-3-4-12(13)17-11/h3-4H,2,5-9H2,1H3. The lowest BCUT2D eigenvalue weighted by atomic mass is 10.3. The molecule has 1 aromatic rings. The first-order chi connectivity index (χ1) is 8.15. The van der Waals surface area contributed by atoms with Crippen molar-refractivity contribution in [3.63, 3.8) is 0 Å². The van der Waals surface area contributed by atoms with Gasteiger partial charge in [-0.15, -0.1) is 11.3 Å². The van der Waals surface area contributed by atoms with E-state index in [9.17, 15) is 4.79 Å². The predicted octanol–water partition coefficient (Wildman–Crippen LogP) is 2.22. The summed E-state index contributed by atoms with van der Waals surface area (Å²) >= 11 is 7.21. The molecular formula is C12H17ClN2OS. The maximum atomic E-state index is 12.0. The minimum atomic E-state index is 0.187. The van der Waals surface area contributed by atoms with E-state index in [2.05, 4.69) is 16.8 Å². The molecule has 0 aromatic carbocycles. The number of hydrogen-bond acceptors (Lipinski definition) is 4. The number of ketones is 1. The first-order valence-corrected chi connectivity index (χ1v) is 7.04. The van der Waals surface area contributed by atoms with E-state index in [4.69, 9.17) is 11.6 Å². The van der Waals surface area contributed by atoms with Crippen LogP contribution in [0.2, 0.25) is 4.34 Å². The summed E-state index contributed by atoms with van der Waals surface area (Å²) in [6.45, 7) is 4.66. The van der Waals surface area contributed by atoms with Gasteiger partial charge >= 0.3 is 0 Å². The molecule has 0 unspecified atom stereocenters. The number of Topliss-reactive ketones (excluding diaryl/α,β-unsaturated/α-hetero) is 1. The van der Waals surface area contributed by atoms with Crippen LogP contribution in [0, 0.1) is 0 Å². The normalized spacial score (nSPS) is 19.2. The van der Waals surface area contributed by atoms with Gasteiger partial charge in [0.05, 0.1) is 15.8 Å². The number of nitrogens with zero attached hydrogens (tertiary/aromatic N) is 2. The fourth-order valence-electron chi connectivity index (χ4n) is 2.00. The average molecular weight is 273 g/mol. The molecule has 0 spiro atoms. The van der Waals surface area contributed by atoms with Crippen molar-refractivity contribution in [2.45, 2.75) is 6.42 Å². The van der Waals surface area contributed by atoms with Gasteiger partial charge in [-0.1, -0.05) is 11.6 Å². The van der Waals surface area contributed by atoms with Gasteiger partial charge < -0.3 is 4.90 Å². The number of likely N-dealkylation sites (N-methyl/N-ethyl adjacent to an activating group) is 1. The minimum absolute atomic E-state index is 0.187. The van der Waals surface area contributed by atoms with E-state index in [1.807, 2.05) is 6.07 Å². The topological polar surface area (TPSA) is 23.6 Å². The molecule has 2 heterocycles. The van der Waals surface area contributed by atoms with Crippen molar-refractivity contribution in [1.82, 2.24) is 9.80 Å². The highest BCUT2D eigenvalue weighted by molar-refractivity contribution is 7.18. The van der Waals surface area contributed by atoms with Gasteiger partial charge in [0.25, 0.3) is 0 Å². The molecule has 0 amide bonds. The van der Waals surface area contributed by atoms with Gasteiger partial charge in [-0.3, -0.25) is 9.69 Å². The van der Waals surface area contributed by atoms with Crippen LogP contribution in [-0.4, -0.2) is 55.4 Å². The van der Waals surface area contributed by atoms with E-state index in [1.54, 1.807) is 6.07 Å². The zero-order valence-corrected chi connectivity index (χ0v) is 11.6. The second-order valence-corrected chi connectivity index (χ2v) is 6.17. The third kappa shape index (κ3) is 3.78. The lowest BCUT2D eigenvalue weighted by molar-refractivity contribution is 0.0937. The third-order valence-electron chi connectivity index (χ3n) is 3.03. The number of hydrogen-bond donors (Lipinski definition) is 0. The molecule has 1 aromatic heterocycles. The lowest BCUT2D eigenvalue weighted by Gasteiger charge is -2.18. The molecule has 0 aliphatic carbocycles. The molecule has 94 valence electrons. The smallest absolute Gasteiger partial charge is 0.186 e. The Bertz CT molecular complexity index is 394. The van der Waals surface area contributed by atoms with Crippen LogP contribution in [-0.2, 0) is 0 Å². The summed E-state index contributed by atoms with van der Waals surface area (Å²) in [6.07, 6.45) is 1.13. The number of rotatable bonds is 3. The van der Waals surface area contributed by atoms with E-state index in [0.717, 1.165) is 37.5 Å². The summed E-state index contributed by atoms with van der Waals surface area (Å²) in [5, 5.41) is 0. The summed E-state index contributed by atoms with van der Waals surface area (Å²) in [5.74, 6) is 0.187. The van der Waals surface area contributed by atoms with Gasteiger partial charge in [-0.25, -0.2) is 0 Å². The van der Waals surface area contributed by atoms with Crippen LogP contribution in [0.4, 0.5) is 0 Å². The van der Waals surface area contributed by atoms with Gasteiger partial charge in [-0.2, -0.15) is 0 Å². The molecule has 0 saturated carbocycles. The Morgan fingerprint density at radius 1 is 1.35 bits per heavy atom. The highest BCUT2D eigenvalue weighted by atomic mass is 35.5. The van der Waals surface area contributed by atoms with E-state index in [-0.39, 0.29) is 5.78 Å². The van der Waals surface area contributed by atoms with Crippen molar-refractivity contribution >= 4 is 28.7 Å². The van der Waals surface area contributed by atoms with E-state index < -0.39 is 0 Å². The number of carbonyl (C=O) groups is 1. The fraction of sp³-hybridized carbons (Fsp3) is 0.583. The first-order valence-electron chi connectivity index (χ1n) is 5.84. The fourth-order valence-corrected chi connectivity index (χ4v) is 2.98. The summed E-state index contributed by atoms with van der Waals surface area (Å²) in [7, 11) is 2.13. The molecule has 0 bridgehead atoms. The van der Waals surface area contributed by atoms with Crippen LogP contribution in [0.3, 0.4) is 0 Å². The van der Waals surface area contributed by atoms with Crippen molar-refractivity contribution in [1.29, 1.82) is 0 Å². The van der Waals surface area contributed by atoms with Crippen LogP contribution >= 0.6 is 22.9 Å². The molecular weight excluding hydrogens is 256 g/mol. The average Bonchev–Trinajstić information content (AvgIpc) is 2.62. The molecule has 0 atom stereocenters. The van der Waals surface area contributed by atoms with Crippen molar-refractivity contribution in [3.05, 3.63) is 21.3 Å². The zero-order valence-electron chi connectivity index (χ0n) is 9.99. The predicted molar refractivity (Wildman–Crippen MR) is 72.2 cm³/mol. The number of halogens is 1. The van der Waals surface area contributed by atoms with Gasteiger partial charge in [-0.05, 0) is 38.7 Å². The van der Waals surface area contributed by atoms with Crippen molar-refractivity contribution in [3.8, 4) is 0 Å². The lowest BCUT2D eigenvalue weighted by Crippen LogP contribution is -2.33. The second-order valence-electron chi connectivity index (χ2n) is 4.46. The van der Waals surface area contributed by atoms with Crippen molar-refractivity contribution in [2.24, 2.45) is 0 Å². The van der Waals surface area contributed by atoms with Crippen molar-refractivity contribution < 1.29 is 4.79 Å². The van der Waals surface area contributed by atoms with Gasteiger partial charge in [0, 0.05) is 13.1 Å². The number of carbonyl (C=O) groups excluding carboxylic acids is 1. The van der Waals surface area contributed by atoms with E-state index in [0.29, 0.717) is 10.9 Å². The Hall–Kier alpha value is -0.420. The molecule has 1 aliphatic rings. The van der Waals surface area contributed by atoms with Crippen LogP contribution in [0.25, 0.3) is 0 Å². The zero-order chi connectivity index (χ0) is 12.3. The third-order valence-corrected chi connectivity index (χ3v) is 4.30. The summed E-state index contributed by atoms with van der Waals surface area (Å²) in [5.41, 5.74) is 0. The highest BCUT2D eigenvalue weighted by Gasteiger charge is 2.16. The second kappa shape index (κ2) is 5.96. The molecule has 0 radical (unpaired) electrons. The molecule has 1 saturated heterocycles. The maximum Gasteiger partial charge on any atom is 0.186 e. The van der Waals surface area contributed by atoms with Crippen LogP contribution in [0.1, 0.15) is 16.1 Å². The minimum Gasteiger partial charge on any atom is -0.305 e. The molecule has 0 N–H and O–H groups in total. The first kappa shape index (κ1) is 13.0. The largest absolute Gasteiger partial charge is 0.305 e. The Morgan fingerprint density at radius 2 is 2.18 bits per heavy atom. The summed E-state index contributed by atoms with van der Waals surface area (Å²) < 4.78 is 0.684. The Morgan fingerprint density at radius 3 is 2.88 bits per heavy atom. The molecule has 1 fully saturated rings. The van der Waals surface area contributed by atoms with Gasteiger partial charge in [0.2, 0.25) is 0 Å². The molecule has 2 rings (SSSR count). The van der Waals surface area contributed by atoms with Crippen LogP contribution in [0.15, 0.2) is 12.1 Å². The Labute approximate surface area is 111 Å². The SMILES string of the molecule is CN1CCCN(CC(=O)c2ccc(Cl)s2)CC1. The quantitative estimate of drug-likeness (QED) is 0.789. The van der Waals surface area contributed by atoms with E-state index >= 15 is 0 Å². The van der Waals surface area contributed by atoms with Crippen LogP contribution in [0.5, 0.6) is 0 Å². The van der Waals surface area contributed by atoms with Crippen LogP contribution < -0.4 is 0 Å². The van der Waals surface area contributed by atoms with Gasteiger partial charge in [0.1, 0.15) is 0 Å². The Balaban J connectivity index is 1.90. The monoisotopic (exact) mass is 272 g/mol. The van der Waals surface area contributed by atoms with Crippen molar-refractivity contribution in [2.75, 3.05) is 39.8 Å². The summed E-state index contributed by atoms with van der Waals surface area (Å²) in [4.78, 5) is 17.3.